The van der Waals surface area contributed by atoms with Gasteiger partial charge in [-0.05, 0) is 66.7 Å². The van der Waals surface area contributed by atoms with Gasteiger partial charge in [-0.2, -0.15) is 0 Å². The molecule has 5 aromatic rings. The Morgan fingerprint density at radius 3 is 2.12 bits per heavy atom. The number of rotatable bonds is 11. The minimum absolute atomic E-state index is 0.0486. The van der Waals surface area contributed by atoms with E-state index in [0.29, 0.717) is 21.7 Å². The highest BCUT2D eigenvalue weighted by atomic mass is 32.2. The van der Waals surface area contributed by atoms with E-state index in [1.54, 1.807) is 31.3 Å². The van der Waals surface area contributed by atoms with Crippen LogP contribution in [0.15, 0.2) is 76.3 Å². The first-order chi connectivity index (χ1) is 23.2. The topological polar surface area (TPSA) is 126 Å². The lowest BCUT2D eigenvalue weighted by Gasteiger charge is -2.21. The maximum absolute atomic E-state index is 15.0. The molecule has 0 spiro atoms. The van der Waals surface area contributed by atoms with Crippen molar-refractivity contribution in [3.63, 3.8) is 0 Å². The molecule has 11 nitrogen and oxygen atoms in total. The zero-order valence-corrected chi connectivity index (χ0v) is 28.6. The molecule has 258 valence electrons. The number of carbonyl (C=O) groups is 1. The van der Waals surface area contributed by atoms with Gasteiger partial charge in [-0.15, -0.1) is 11.3 Å². The van der Waals surface area contributed by atoms with E-state index in [1.807, 2.05) is 4.90 Å². The third-order valence-electron chi connectivity index (χ3n) is 7.96. The number of nitrogens with zero attached hydrogens (tertiary/aromatic N) is 4. The van der Waals surface area contributed by atoms with Crippen LogP contribution in [-0.2, 0) is 23.1 Å². The van der Waals surface area contributed by atoms with Gasteiger partial charge in [0.1, 0.15) is 22.3 Å². The quantitative estimate of drug-likeness (QED) is 0.209. The van der Waals surface area contributed by atoms with Gasteiger partial charge < -0.3 is 15.5 Å². The summed E-state index contributed by atoms with van der Waals surface area (Å²) >= 11 is 1.08. The normalized spacial score (nSPS) is 11.9. The molecular formula is C33H33F3N6O5S2. The van der Waals surface area contributed by atoms with Crippen molar-refractivity contribution < 1.29 is 26.4 Å². The Bertz CT molecular complexity index is 2230. The highest BCUT2D eigenvalue weighted by molar-refractivity contribution is 7.88. The Balaban J connectivity index is 1.77. The highest BCUT2D eigenvalue weighted by Gasteiger charge is 2.26. The van der Waals surface area contributed by atoms with Crippen LogP contribution < -0.4 is 21.9 Å². The molecule has 0 bridgehead atoms. The van der Waals surface area contributed by atoms with E-state index < -0.39 is 56.9 Å². The molecule has 0 atom stereocenters. The van der Waals surface area contributed by atoms with Gasteiger partial charge in [0.05, 0.1) is 23.9 Å². The van der Waals surface area contributed by atoms with Crippen LogP contribution in [0.5, 0.6) is 0 Å². The van der Waals surface area contributed by atoms with Crippen molar-refractivity contribution in [1.29, 1.82) is 0 Å². The van der Waals surface area contributed by atoms with Crippen LogP contribution in [-0.4, -0.2) is 73.3 Å². The van der Waals surface area contributed by atoms with Crippen LogP contribution in [0.3, 0.4) is 0 Å². The number of amides is 2. The number of nitrogens with one attached hydrogen (secondary N) is 2. The summed E-state index contributed by atoms with van der Waals surface area (Å²) in [4.78, 5) is 42.9. The monoisotopic (exact) mass is 714 g/mol. The molecular weight excluding hydrogens is 682 g/mol. The van der Waals surface area contributed by atoms with E-state index >= 15 is 0 Å². The number of carbonyl (C=O) groups excluding carboxylic acids is 1. The van der Waals surface area contributed by atoms with Gasteiger partial charge >= 0.3 is 11.7 Å². The van der Waals surface area contributed by atoms with Gasteiger partial charge in [0.2, 0.25) is 10.0 Å². The molecule has 0 aliphatic carbocycles. The average molecular weight is 715 g/mol. The number of hydrogen-bond acceptors (Lipinski definition) is 7. The summed E-state index contributed by atoms with van der Waals surface area (Å²) in [5, 5.41) is 5.23. The average Bonchev–Trinajstić information content (AvgIpc) is 3.42. The largest absolute Gasteiger partial charge is 0.341 e. The molecule has 49 heavy (non-hydrogen) atoms. The number of hydrogen-bond donors (Lipinski definition) is 2. The van der Waals surface area contributed by atoms with Gasteiger partial charge in [-0.25, -0.2) is 40.1 Å². The molecule has 0 saturated heterocycles. The number of halogens is 3. The summed E-state index contributed by atoms with van der Waals surface area (Å²) in [5.74, 6) is -2.36. The summed E-state index contributed by atoms with van der Waals surface area (Å²) in [6.45, 7) is -0.0416. The number of benzene rings is 3. The lowest BCUT2D eigenvalue weighted by Crippen LogP contribution is -2.39. The van der Waals surface area contributed by atoms with Gasteiger partial charge in [-0.1, -0.05) is 18.2 Å². The first kappa shape index (κ1) is 35.5. The Kier molecular flexibility index (Phi) is 10.4. The third kappa shape index (κ3) is 7.62. The predicted molar refractivity (Wildman–Crippen MR) is 184 cm³/mol. The summed E-state index contributed by atoms with van der Waals surface area (Å²) in [6.07, 6.45) is 1.09. The fourth-order valence-corrected chi connectivity index (χ4v) is 6.89. The Morgan fingerprint density at radius 1 is 0.898 bits per heavy atom. The van der Waals surface area contributed by atoms with Crippen LogP contribution in [0.1, 0.15) is 11.1 Å². The number of fused-ring (bicyclic) bond motifs is 1. The van der Waals surface area contributed by atoms with Crippen molar-refractivity contribution in [2.75, 3.05) is 45.8 Å². The third-order valence-corrected chi connectivity index (χ3v) is 10.6. The van der Waals surface area contributed by atoms with Gasteiger partial charge in [-0.3, -0.25) is 9.36 Å². The van der Waals surface area contributed by atoms with E-state index in [0.717, 1.165) is 51.0 Å². The fraction of sp³-hybridized carbons (Fsp3) is 0.242. The van der Waals surface area contributed by atoms with Gasteiger partial charge in [0, 0.05) is 49.9 Å². The summed E-state index contributed by atoms with van der Waals surface area (Å²) in [6, 6.07) is 14.4. The molecule has 2 amide bonds. The van der Waals surface area contributed by atoms with Crippen LogP contribution >= 0.6 is 11.3 Å². The number of sulfonamides is 1. The first-order valence-corrected chi connectivity index (χ1v) is 17.5. The number of thiophene rings is 1. The smallest absolute Gasteiger partial charge is 0.337 e. The molecule has 2 aromatic heterocycles. The van der Waals surface area contributed by atoms with Crippen molar-refractivity contribution in [3.8, 4) is 16.1 Å². The molecule has 2 N–H and O–H groups in total. The maximum Gasteiger partial charge on any atom is 0.337 e. The first-order valence-electron chi connectivity index (χ1n) is 14.9. The Hall–Kier alpha value is -4.77. The SMILES string of the molecule is CNC(=O)Nc1ccc(-c2sc3c(c2CN(C)CCN(C)S(C)(=O)=O)c(=O)n(-c2ccc(F)cc2)c(=O)n3Cc2c(F)cccc2F)cc1. The van der Waals surface area contributed by atoms with E-state index in [-0.39, 0.29) is 35.5 Å². The minimum atomic E-state index is -3.46. The fourth-order valence-electron chi connectivity index (χ4n) is 5.18. The minimum Gasteiger partial charge on any atom is -0.341 e. The second kappa shape index (κ2) is 14.4. The summed E-state index contributed by atoms with van der Waals surface area (Å²) in [5.41, 5.74) is -0.389. The molecule has 16 heteroatoms. The van der Waals surface area contributed by atoms with Crippen molar-refractivity contribution in [2.45, 2.75) is 13.1 Å². The molecule has 5 rings (SSSR count). The highest BCUT2D eigenvalue weighted by Crippen LogP contribution is 2.38. The van der Waals surface area contributed by atoms with Crippen molar-refractivity contribution >= 4 is 43.3 Å². The van der Waals surface area contributed by atoms with Crippen LogP contribution in [0.25, 0.3) is 26.3 Å². The number of urea groups is 1. The Labute approximate surface area is 283 Å². The summed E-state index contributed by atoms with van der Waals surface area (Å²) in [7, 11) is 1.20. The van der Waals surface area contributed by atoms with Crippen molar-refractivity contribution in [2.24, 2.45) is 0 Å². The van der Waals surface area contributed by atoms with E-state index in [1.165, 1.54) is 36.6 Å². The van der Waals surface area contributed by atoms with E-state index in [9.17, 15) is 36.0 Å². The number of aromatic nitrogens is 2. The molecule has 0 unspecified atom stereocenters. The van der Waals surface area contributed by atoms with Gasteiger partial charge in [0.25, 0.3) is 5.56 Å². The molecule has 2 heterocycles. The van der Waals surface area contributed by atoms with Crippen LogP contribution in [0.2, 0.25) is 0 Å². The van der Waals surface area contributed by atoms with E-state index in [4.69, 9.17) is 0 Å². The molecule has 0 aliphatic heterocycles. The van der Waals surface area contributed by atoms with Crippen LogP contribution in [0, 0.1) is 17.5 Å². The second-order valence-corrected chi connectivity index (χ2v) is 14.5. The summed E-state index contributed by atoms with van der Waals surface area (Å²) < 4.78 is 71.0. The molecule has 0 fully saturated rings. The lowest BCUT2D eigenvalue weighted by molar-refractivity contribution is 0.254. The number of likely N-dealkylation sites (N-methyl/N-ethyl adjacent to an activating group) is 2. The van der Waals surface area contributed by atoms with Crippen molar-refractivity contribution in [1.82, 2.24) is 23.7 Å². The molecule has 0 saturated carbocycles. The molecule has 0 aliphatic rings. The van der Waals surface area contributed by atoms with Gasteiger partial charge in [0.15, 0.2) is 0 Å². The second-order valence-electron chi connectivity index (χ2n) is 11.4. The number of anilines is 1. The Morgan fingerprint density at radius 2 is 1.53 bits per heavy atom. The zero-order valence-electron chi connectivity index (χ0n) is 27.0. The van der Waals surface area contributed by atoms with Crippen molar-refractivity contribution in [3.05, 3.63) is 116 Å². The van der Waals surface area contributed by atoms with E-state index in [2.05, 4.69) is 10.6 Å². The zero-order chi connectivity index (χ0) is 35.6. The predicted octanol–water partition coefficient (Wildman–Crippen LogP) is 4.42. The lowest BCUT2D eigenvalue weighted by atomic mass is 10.1. The standard InChI is InChI=1S/C33H33F3N6O5S2/c1-37-32(44)38-22-12-8-20(9-13-22)29-25(18-39(2)16-17-40(3)49(4,46)47)28-30(43)42(23-14-10-21(34)11-15-23)33(45)41(31(28)48-29)19-24-26(35)6-5-7-27(24)36/h5-15H,16-19H2,1-4H3,(H2,37,38,44). The van der Waals surface area contributed by atoms with Crippen LogP contribution in [0.4, 0.5) is 23.7 Å². The molecule has 3 aromatic carbocycles. The molecule has 0 radical (unpaired) electrons. The maximum atomic E-state index is 15.0.